The van der Waals surface area contributed by atoms with Crippen LogP contribution in [-0.2, 0) is 4.74 Å². The van der Waals surface area contributed by atoms with E-state index in [1.807, 2.05) is 30.3 Å². The van der Waals surface area contributed by atoms with E-state index in [0.717, 1.165) is 10.2 Å². The van der Waals surface area contributed by atoms with Gasteiger partial charge >= 0.3 is 0 Å². The Bertz CT molecular complexity index is 547. The number of halogens is 1. The van der Waals surface area contributed by atoms with Crippen LogP contribution in [0.25, 0.3) is 0 Å². The van der Waals surface area contributed by atoms with Crippen molar-refractivity contribution in [1.82, 2.24) is 5.32 Å². The first kappa shape index (κ1) is 18.4. The molecule has 0 saturated heterocycles. The fraction of sp³-hybridized carbons (Fsp3) is 0.412. The first-order valence-electron chi connectivity index (χ1n) is 7.56. The number of rotatable bonds is 10. The SMILES string of the molecule is CC(NCC(O)COCCOc1ccc(Br)cc1)c1cccs1. The van der Waals surface area contributed by atoms with Crippen LogP contribution in [0.2, 0.25) is 0 Å². The van der Waals surface area contributed by atoms with E-state index in [1.54, 1.807) is 11.3 Å². The second kappa shape index (κ2) is 10.1. The second-order valence-electron chi connectivity index (χ2n) is 5.18. The molecule has 6 heteroatoms. The van der Waals surface area contributed by atoms with E-state index < -0.39 is 6.10 Å². The standard InChI is InChI=1S/C17H22BrNO3S/c1-13(17-3-2-10-23-17)19-11-15(20)12-21-8-9-22-16-6-4-14(18)5-7-16/h2-7,10,13,15,19-20H,8-9,11-12H2,1H3. The number of hydrogen-bond acceptors (Lipinski definition) is 5. The van der Waals surface area contributed by atoms with Crippen molar-refractivity contribution in [3.05, 3.63) is 51.1 Å². The normalized spacial score (nSPS) is 13.7. The lowest BCUT2D eigenvalue weighted by atomic mass is 10.2. The van der Waals surface area contributed by atoms with Gasteiger partial charge in [0.05, 0.1) is 19.3 Å². The summed E-state index contributed by atoms with van der Waals surface area (Å²) in [5, 5.41) is 15.3. The Kier molecular flexibility index (Phi) is 8.05. The van der Waals surface area contributed by atoms with Gasteiger partial charge in [0.2, 0.25) is 0 Å². The summed E-state index contributed by atoms with van der Waals surface area (Å²) < 4.78 is 12.0. The number of benzene rings is 1. The molecule has 2 aromatic rings. The van der Waals surface area contributed by atoms with Gasteiger partial charge in [-0.25, -0.2) is 0 Å². The van der Waals surface area contributed by atoms with E-state index in [0.29, 0.717) is 26.4 Å². The Labute approximate surface area is 149 Å². The lowest BCUT2D eigenvalue weighted by Crippen LogP contribution is -2.32. The lowest BCUT2D eigenvalue weighted by molar-refractivity contribution is 0.0242. The molecule has 2 N–H and O–H groups in total. The highest BCUT2D eigenvalue weighted by atomic mass is 79.9. The Hall–Kier alpha value is -0.920. The summed E-state index contributed by atoms with van der Waals surface area (Å²) in [6.07, 6.45) is -0.523. The number of nitrogens with one attached hydrogen (secondary N) is 1. The van der Waals surface area contributed by atoms with Crippen LogP contribution in [0.5, 0.6) is 5.75 Å². The smallest absolute Gasteiger partial charge is 0.119 e. The molecule has 0 spiro atoms. The Morgan fingerprint density at radius 3 is 2.70 bits per heavy atom. The molecule has 2 unspecified atom stereocenters. The van der Waals surface area contributed by atoms with E-state index in [1.165, 1.54) is 4.88 Å². The molecule has 4 nitrogen and oxygen atoms in total. The lowest BCUT2D eigenvalue weighted by Gasteiger charge is -2.16. The second-order valence-corrected chi connectivity index (χ2v) is 7.07. The maximum absolute atomic E-state index is 9.91. The molecule has 0 aliphatic heterocycles. The van der Waals surface area contributed by atoms with Gasteiger partial charge in [0, 0.05) is 21.9 Å². The number of aliphatic hydroxyl groups excluding tert-OH is 1. The maximum Gasteiger partial charge on any atom is 0.119 e. The molecule has 0 amide bonds. The fourth-order valence-corrected chi connectivity index (χ4v) is 3.00. The molecule has 0 aliphatic rings. The monoisotopic (exact) mass is 399 g/mol. The van der Waals surface area contributed by atoms with Crippen molar-refractivity contribution in [1.29, 1.82) is 0 Å². The zero-order valence-corrected chi connectivity index (χ0v) is 15.5. The third-order valence-electron chi connectivity index (χ3n) is 3.25. The van der Waals surface area contributed by atoms with Crippen molar-refractivity contribution in [3.8, 4) is 5.75 Å². The average molecular weight is 400 g/mol. The third-order valence-corrected chi connectivity index (χ3v) is 4.83. The van der Waals surface area contributed by atoms with Gasteiger partial charge in [-0.2, -0.15) is 0 Å². The number of ether oxygens (including phenoxy) is 2. The van der Waals surface area contributed by atoms with Crippen LogP contribution in [0.1, 0.15) is 17.8 Å². The highest BCUT2D eigenvalue weighted by Crippen LogP contribution is 2.18. The van der Waals surface area contributed by atoms with E-state index in [2.05, 4.69) is 39.6 Å². The summed E-state index contributed by atoms with van der Waals surface area (Å²) in [6.45, 7) is 3.81. The van der Waals surface area contributed by atoms with Crippen LogP contribution in [0, 0.1) is 0 Å². The van der Waals surface area contributed by atoms with Crippen LogP contribution in [0.3, 0.4) is 0 Å². The van der Waals surface area contributed by atoms with Crippen LogP contribution in [-0.4, -0.2) is 37.6 Å². The quantitative estimate of drug-likeness (QED) is 0.599. The highest BCUT2D eigenvalue weighted by molar-refractivity contribution is 9.10. The fourth-order valence-electron chi connectivity index (χ4n) is 1.98. The molecule has 1 aromatic heterocycles. The van der Waals surface area contributed by atoms with Gasteiger partial charge in [0.15, 0.2) is 0 Å². The molecule has 1 heterocycles. The molecule has 1 aromatic carbocycles. The van der Waals surface area contributed by atoms with E-state index in [4.69, 9.17) is 9.47 Å². The molecule has 0 radical (unpaired) electrons. The molecule has 2 rings (SSSR count). The van der Waals surface area contributed by atoms with Gasteiger partial charge in [-0.1, -0.05) is 22.0 Å². The van der Waals surface area contributed by atoms with Gasteiger partial charge in [-0.3, -0.25) is 0 Å². The number of aliphatic hydroxyl groups is 1. The van der Waals surface area contributed by atoms with Gasteiger partial charge in [0.25, 0.3) is 0 Å². The van der Waals surface area contributed by atoms with Gasteiger partial charge in [-0.05, 0) is 42.6 Å². The Balaban J connectivity index is 1.52. The number of thiophene rings is 1. The van der Waals surface area contributed by atoms with E-state index >= 15 is 0 Å². The summed E-state index contributed by atoms with van der Waals surface area (Å²) in [5.41, 5.74) is 0. The van der Waals surface area contributed by atoms with Crippen molar-refractivity contribution >= 4 is 27.3 Å². The maximum atomic E-state index is 9.91. The minimum Gasteiger partial charge on any atom is -0.491 e. The van der Waals surface area contributed by atoms with Crippen molar-refractivity contribution in [3.63, 3.8) is 0 Å². The largest absolute Gasteiger partial charge is 0.491 e. The molecule has 23 heavy (non-hydrogen) atoms. The average Bonchev–Trinajstić information content (AvgIpc) is 3.08. The molecular formula is C17H22BrNO3S. The van der Waals surface area contributed by atoms with Crippen molar-refractivity contribution in [2.45, 2.75) is 19.1 Å². The van der Waals surface area contributed by atoms with Crippen molar-refractivity contribution in [2.75, 3.05) is 26.4 Å². The van der Waals surface area contributed by atoms with Gasteiger partial charge in [-0.15, -0.1) is 11.3 Å². The summed E-state index contributed by atoms with van der Waals surface area (Å²) >= 11 is 5.09. The molecular weight excluding hydrogens is 378 g/mol. The van der Waals surface area contributed by atoms with Crippen LogP contribution in [0.15, 0.2) is 46.3 Å². The van der Waals surface area contributed by atoms with Gasteiger partial charge < -0.3 is 19.9 Å². The molecule has 0 fully saturated rings. The van der Waals surface area contributed by atoms with E-state index in [9.17, 15) is 5.11 Å². The van der Waals surface area contributed by atoms with E-state index in [-0.39, 0.29) is 6.04 Å². The first-order valence-corrected chi connectivity index (χ1v) is 9.23. The predicted octanol–water partition coefficient (Wildman–Crippen LogP) is 3.62. The zero-order valence-electron chi connectivity index (χ0n) is 13.1. The predicted molar refractivity (Wildman–Crippen MR) is 97.2 cm³/mol. The van der Waals surface area contributed by atoms with Gasteiger partial charge in [0.1, 0.15) is 12.4 Å². The minimum absolute atomic E-state index is 0.241. The summed E-state index contributed by atoms with van der Waals surface area (Å²) in [4.78, 5) is 1.26. The summed E-state index contributed by atoms with van der Waals surface area (Å²) in [5.74, 6) is 0.809. The van der Waals surface area contributed by atoms with Crippen LogP contribution in [0.4, 0.5) is 0 Å². The third kappa shape index (κ3) is 7.01. The molecule has 2 atom stereocenters. The minimum atomic E-state index is -0.523. The van der Waals surface area contributed by atoms with Crippen LogP contribution >= 0.6 is 27.3 Å². The molecule has 0 saturated carbocycles. The van der Waals surface area contributed by atoms with Crippen molar-refractivity contribution < 1.29 is 14.6 Å². The first-order chi connectivity index (χ1) is 11.1. The number of hydrogen-bond donors (Lipinski definition) is 2. The highest BCUT2D eigenvalue weighted by Gasteiger charge is 2.09. The Morgan fingerprint density at radius 2 is 2.00 bits per heavy atom. The summed E-state index contributed by atoms with van der Waals surface area (Å²) in [6, 6.07) is 12.0. The van der Waals surface area contributed by atoms with Crippen molar-refractivity contribution in [2.24, 2.45) is 0 Å². The summed E-state index contributed by atoms with van der Waals surface area (Å²) in [7, 11) is 0. The zero-order chi connectivity index (χ0) is 16.5. The molecule has 126 valence electrons. The Morgan fingerprint density at radius 1 is 1.22 bits per heavy atom. The molecule has 0 aliphatic carbocycles. The molecule has 0 bridgehead atoms. The topological polar surface area (TPSA) is 50.7 Å². The van der Waals surface area contributed by atoms with Crippen LogP contribution < -0.4 is 10.1 Å².